The highest BCUT2D eigenvalue weighted by Gasteiger charge is 2.18. The lowest BCUT2D eigenvalue weighted by atomic mass is 9.97. The van der Waals surface area contributed by atoms with Crippen LogP contribution in [-0.2, 0) is 5.75 Å². The molecule has 2 nitrogen and oxygen atoms in total. The van der Waals surface area contributed by atoms with E-state index in [1.165, 1.54) is 22.3 Å². The van der Waals surface area contributed by atoms with E-state index in [4.69, 9.17) is 0 Å². The molecule has 0 heterocycles. The number of amides is 1. The second kappa shape index (κ2) is 9.61. The summed E-state index contributed by atoms with van der Waals surface area (Å²) in [6.07, 6.45) is 0.856. The number of aryl methyl sites for hydroxylation is 2. The van der Waals surface area contributed by atoms with Gasteiger partial charge in [0.1, 0.15) is 0 Å². The lowest BCUT2D eigenvalue weighted by Gasteiger charge is -2.21. The van der Waals surface area contributed by atoms with Crippen molar-refractivity contribution in [2.45, 2.75) is 43.9 Å². The summed E-state index contributed by atoms with van der Waals surface area (Å²) < 4.78 is 0. The molecule has 3 aromatic rings. The number of hydrogen-bond donors (Lipinski definition) is 1. The first-order valence-corrected chi connectivity index (χ1v) is 10.7. The summed E-state index contributed by atoms with van der Waals surface area (Å²) in [7, 11) is 0. The summed E-state index contributed by atoms with van der Waals surface area (Å²) in [6.45, 7) is 6.32. The van der Waals surface area contributed by atoms with Crippen molar-refractivity contribution in [1.82, 2.24) is 5.32 Å². The van der Waals surface area contributed by atoms with Crippen LogP contribution in [0.2, 0.25) is 0 Å². The predicted molar refractivity (Wildman–Crippen MR) is 119 cm³/mol. The molecule has 1 unspecified atom stereocenters. The van der Waals surface area contributed by atoms with Gasteiger partial charge in [-0.3, -0.25) is 4.79 Å². The first-order chi connectivity index (χ1) is 13.6. The third kappa shape index (κ3) is 5.05. The fourth-order valence-electron chi connectivity index (χ4n) is 3.37. The highest BCUT2D eigenvalue weighted by molar-refractivity contribution is 7.98. The zero-order valence-electron chi connectivity index (χ0n) is 16.7. The predicted octanol–water partition coefficient (Wildman–Crippen LogP) is 6.48. The number of thioether (sulfide) groups is 1. The summed E-state index contributed by atoms with van der Waals surface area (Å²) in [5, 5.41) is 3.25. The molecule has 0 aliphatic rings. The molecule has 3 aromatic carbocycles. The Balaban J connectivity index is 1.76. The molecule has 0 radical (unpaired) electrons. The number of hydrogen-bond acceptors (Lipinski definition) is 2. The SMILES string of the molecule is CCC(NC(=O)c1ccccc1SCc1ccccc1)c1ccc(C)cc1C. The van der Waals surface area contributed by atoms with Crippen molar-refractivity contribution in [3.05, 3.63) is 101 Å². The highest BCUT2D eigenvalue weighted by atomic mass is 32.2. The molecule has 3 heteroatoms. The summed E-state index contributed by atoms with van der Waals surface area (Å²) in [5.41, 5.74) is 5.65. The van der Waals surface area contributed by atoms with Gasteiger partial charge in [0.15, 0.2) is 0 Å². The van der Waals surface area contributed by atoms with Crippen LogP contribution in [0.4, 0.5) is 0 Å². The van der Waals surface area contributed by atoms with Crippen LogP contribution in [0.25, 0.3) is 0 Å². The third-order valence-corrected chi connectivity index (χ3v) is 6.03. The van der Waals surface area contributed by atoms with E-state index in [-0.39, 0.29) is 11.9 Å². The monoisotopic (exact) mass is 389 g/mol. The lowest BCUT2D eigenvalue weighted by Crippen LogP contribution is -2.29. The summed E-state index contributed by atoms with van der Waals surface area (Å²) >= 11 is 1.70. The van der Waals surface area contributed by atoms with E-state index < -0.39 is 0 Å². The van der Waals surface area contributed by atoms with E-state index in [1.807, 2.05) is 42.5 Å². The fourth-order valence-corrected chi connectivity index (χ4v) is 4.37. The van der Waals surface area contributed by atoms with Crippen LogP contribution in [0, 0.1) is 13.8 Å². The lowest BCUT2D eigenvalue weighted by molar-refractivity contribution is 0.0932. The molecule has 0 aliphatic carbocycles. The van der Waals surface area contributed by atoms with Crippen molar-refractivity contribution >= 4 is 17.7 Å². The Kier molecular flexibility index (Phi) is 6.94. The van der Waals surface area contributed by atoms with Crippen LogP contribution in [-0.4, -0.2) is 5.91 Å². The quantitative estimate of drug-likeness (QED) is 0.469. The average Bonchev–Trinajstić information content (AvgIpc) is 2.72. The number of carbonyl (C=O) groups excluding carboxylic acids is 1. The normalized spacial score (nSPS) is 11.8. The molecular formula is C25H27NOS. The smallest absolute Gasteiger partial charge is 0.252 e. The number of rotatable bonds is 7. The van der Waals surface area contributed by atoms with E-state index in [1.54, 1.807) is 11.8 Å². The third-order valence-electron chi connectivity index (χ3n) is 4.88. The molecule has 0 aromatic heterocycles. The molecule has 0 saturated carbocycles. The molecule has 0 spiro atoms. The molecular weight excluding hydrogens is 362 g/mol. The second-order valence-electron chi connectivity index (χ2n) is 7.06. The minimum Gasteiger partial charge on any atom is -0.345 e. The molecule has 1 atom stereocenters. The van der Waals surface area contributed by atoms with E-state index >= 15 is 0 Å². The Bertz CT molecular complexity index is 936. The van der Waals surface area contributed by atoms with Gasteiger partial charge in [-0.15, -0.1) is 11.8 Å². The minimum absolute atomic E-state index is 0.0111. The van der Waals surface area contributed by atoms with Crippen LogP contribution in [0.15, 0.2) is 77.7 Å². The van der Waals surface area contributed by atoms with Gasteiger partial charge < -0.3 is 5.32 Å². The van der Waals surface area contributed by atoms with Gasteiger partial charge in [0.05, 0.1) is 11.6 Å². The zero-order chi connectivity index (χ0) is 19.9. The molecule has 0 fully saturated rings. The standard InChI is InChI=1S/C25H27NOS/c1-4-23(21-15-14-18(2)16-19(21)3)26-25(27)22-12-8-9-13-24(22)28-17-20-10-6-5-7-11-20/h5-16,23H,4,17H2,1-3H3,(H,26,27). The van der Waals surface area contributed by atoms with Crippen molar-refractivity contribution < 1.29 is 4.79 Å². The van der Waals surface area contributed by atoms with Gasteiger partial charge in [-0.25, -0.2) is 0 Å². The molecule has 28 heavy (non-hydrogen) atoms. The van der Waals surface area contributed by atoms with Gasteiger partial charge in [0, 0.05) is 10.6 Å². The van der Waals surface area contributed by atoms with Gasteiger partial charge in [0.25, 0.3) is 5.91 Å². The van der Waals surface area contributed by atoms with Gasteiger partial charge in [-0.1, -0.05) is 73.2 Å². The fraction of sp³-hybridized carbons (Fsp3) is 0.240. The first-order valence-electron chi connectivity index (χ1n) is 9.72. The van der Waals surface area contributed by atoms with Crippen LogP contribution >= 0.6 is 11.8 Å². The Labute approximate surface area is 172 Å². The van der Waals surface area contributed by atoms with Gasteiger partial charge in [-0.2, -0.15) is 0 Å². The maximum Gasteiger partial charge on any atom is 0.252 e. The van der Waals surface area contributed by atoms with Crippen LogP contribution in [0.5, 0.6) is 0 Å². The summed E-state index contributed by atoms with van der Waals surface area (Å²) in [6, 6.07) is 24.6. The summed E-state index contributed by atoms with van der Waals surface area (Å²) in [5.74, 6) is 0.836. The van der Waals surface area contributed by atoms with Crippen molar-refractivity contribution in [2.75, 3.05) is 0 Å². The number of carbonyl (C=O) groups is 1. The molecule has 144 valence electrons. The van der Waals surface area contributed by atoms with Gasteiger partial charge in [0.2, 0.25) is 0 Å². The molecule has 1 amide bonds. The molecule has 3 rings (SSSR count). The van der Waals surface area contributed by atoms with E-state index in [9.17, 15) is 4.79 Å². The van der Waals surface area contributed by atoms with E-state index in [2.05, 4.69) is 56.4 Å². The summed E-state index contributed by atoms with van der Waals surface area (Å²) in [4.78, 5) is 14.1. The van der Waals surface area contributed by atoms with E-state index in [0.29, 0.717) is 0 Å². The first kappa shape index (κ1) is 20.2. The van der Waals surface area contributed by atoms with Crippen molar-refractivity contribution in [3.63, 3.8) is 0 Å². The van der Waals surface area contributed by atoms with Crippen molar-refractivity contribution in [3.8, 4) is 0 Å². The van der Waals surface area contributed by atoms with Crippen molar-refractivity contribution in [1.29, 1.82) is 0 Å². The van der Waals surface area contributed by atoms with Crippen molar-refractivity contribution in [2.24, 2.45) is 0 Å². The molecule has 1 N–H and O–H groups in total. The van der Waals surface area contributed by atoms with Crippen LogP contribution in [0.1, 0.15) is 52.0 Å². The second-order valence-corrected chi connectivity index (χ2v) is 8.08. The largest absolute Gasteiger partial charge is 0.345 e. The molecule has 0 bridgehead atoms. The maximum absolute atomic E-state index is 13.1. The number of nitrogens with one attached hydrogen (secondary N) is 1. The zero-order valence-corrected chi connectivity index (χ0v) is 17.6. The minimum atomic E-state index is -0.0111. The Morgan fingerprint density at radius 3 is 2.39 bits per heavy atom. The molecule has 0 saturated heterocycles. The highest BCUT2D eigenvalue weighted by Crippen LogP contribution is 2.28. The Hall–Kier alpha value is -2.52. The van der Waals surface area contributed by atoms with Gasteiger partial charge in [-0.05, 0) is 49.1 Å². The van der Waals surface area contributed by atoms with Crippen LogP contribution in [0.3, 0.4) is 0 Å². The Morgan fingerprint density at radius 2 is 1.68 bits per heavy atom. The number of benzene rings is 3. The van der Waals surface area contributed by atoms with E-state index in [0.717, 1.165) is 22.6 Å². The van der Waals surface area contributed by atoms with Crippen LogP contribution < -0.4 is 5.32 Å². The topological polar surface area (TPSA) is 29.1 Å². The average molecular weight is 390 g/mol. The maximum atomic E-state index is 13.1. The molecule has 0 aliphatic heterocycles. The Morgan fingerprint density at radius 1 is 0.964 bits per heavy atom. The van der Waals surface area contributed by atoms with Gasteiger partial charge >= 0.3 is 0 Å².